The molecule has 130 valence electrons. The van der Waals surface area contributed by atoms with Crippen LogP contribution in [0.4, 0.5) is 0 Å². The third-order valence-electron chi connectivity index (χ3n) is 4.51. The van der Waals surface area contributed by atoms with Gasteiger partial charge in [0.2, 0.25) is 10.0 Å². The minimum absolute atomic E-state index is 0.165. The lowest BCUT2D eigenvalue weighted by Crippen LogP contribution is -2.45. The summed E-state index contributed by atoms with van der Waals surface area (Å²) in [5.41, 5.74) is 6.93. The van der Waals surface area contributed by atoms with Crippen LogP contribution in [0.2, 0.25) is 0 Å². The maximum absolute atomic E-state index is 12.6. The molecule has 1 atom stereocenters. The largest absolute Gasteiger partial charge is 0.329 e. The average Bonchev–Trinajstić information content (AvgIpc) is 2.53. The number of rotatable bonds is 7. The molecule has 1 fully saturated rings. The molecule has 0 bridgehead atoms. The van der Waals surface area contributed by atoms with E-state index in [2.05, 4.69) is 9.62 Å². The molecule has 1 aliphatic rings. The predicted molar refractivity (Wildman–Crippen MR) is 93.6 cm³/mol. The van der Waals surface area contributed by atoms with Crippen LogP contribution >= 0.6 is 0 Å². The monoisotopic (exact) mass is 339 g/mol. The van der Waals surface area contributed by atoms with Gasteiger partial charge < -0.3 is 10.6 Å². The van der Waals surface area contributed by atoms with Gasteiger partial charge in [-0.15, -0.1) is 0 Å². The van der Waals surface area contributed by atoms with Crippen molar-refractivity contribution in [3.05, 3.63) is 29.8 Å². The molecule has 1 unspecified atom stereocenters. The van der Waals surface area contributed by atoms with E-state index in [1.165, 1.54) is 19.3 Å². The van der Waals surface area contributed by atoms with Crippen LogP contribution in [0.25, 0.3) is 0 Å². The molecule has 0 aromatic heterocycles. The maximum atomic E-state index is 12.6. The quantitative estimate of drug-likeness (QED) is 0.796. The Hall–Kier alpha value is -0.950. The Morgan fingerprint density at radius 2 is 1.78 bits per heavy atom. The number of hydrogen-bond donors (Lipinski definition) is 2. The van der Waals surface area contributed by atoms with Crippen LogP contribution in [0, 0.1) is 5.92 Å². The highest BCUT2D eigenvalue weighted by molar-refractivity contribution is 7.89. The van der Waals surface area contributed by atoms with Gasteiger partial charge in [0.25, 0.3) is 0 Å². The fourth-order valence-electron chi connectivity index (χ4n) is 3.28. The summed E-state index contributed by atoms with van der Waals surface area (Å²) >= 11 is 0. The first-order valence-corrected chi connectivity index (χ1v) is 9.87. The third-order valence-corrected chi connectivity index (χ3v) is 6.02. The van der Waals surface area contributed by atoms with Crippen molar-refractivity contribution in [1.29, 1.82) is 0 Å². The van der Waals surface area contributed by atoms with Crippen molar-refractivity contribution >= 4 is 10.0 Å². The van der Waals surface area contributed by atoms with E-state index in [-0.39, 0.29) is 6.04 Å². The highest BCUT2D eigenvalue weighted by Gasteiger charge is 2.27. The molecule has 1 aliphatic carbocycles. The second kappa shape index (κ2) is 8.24. The highest BCUT2D eigenvalue weighted by Crippen LogP contribution is 2.27. The summed E-state index contributed by atoms with van der Waals surface area (Å²) in [6.07, 6.45) is 5.70. The van der Waals surface area contributed by atoms with Gasteiger partial charge in [-0.05, 0) is 50.6 Å². The van der Waals surface area contributed by atoms with Gasteiger partial charge in [-0.2, -0.15) is 0 Å². The van der Waals surface area contributed by atoms with E-state index in [4.69, 9.17) is 5.73 Å². The van der Waals surface area contributed by atoms with Crippen molar-refractivity contribution in [2.24, 2.45) is 11.7 Å². The first kappa shape index (κ1) is 18.4. The predicted octanol–water partition coefficient (Wildman–Crippen LogP) is 1.93. The fourth-order valence-corrected chi connectivity index (χ4v) is 4.60. The van der Waals surface area contributed by atoms with Gasteiger partial charge in [0.05, 0.1) is 4.90 Å². The number of nitrogens with two attached hydrogens (primary N) is 1. The van der Waals surface area contributed by atoms with E-state index in [1.54, 1.807) is 12.1 Å². The number of benzene rings is 1. The van der Waals surface area contributed by atoms with Crippen molar-refractivity contribution in [2.75, 3.05) is 20.6 Å². The zero-order chi connectivity index (χ0) is 16.9. The van der Waals surface area contributed by atoms with Gasteiger partial charge in [0.1, 0.15) is 0 Å². The molecule has 23 heavy (non-hydrogen) atoms. The molecule has 0 aliphatic heterocycles. The van der Waals surface area contributed by atoms with Crippen molar-refractivity contribution in [3.8, 4) is 0 Å². The Bertz CT molecular complexity index is 578. The first-order valence-electron chi connectivity index (χ1n) is 8.38. The molecule has 1 saturated carbocycles. The lowest BCUT2D eigenvalue weighted by Gasteiger charge is -2.29. The number of sulfonamides is 1. The van der Waals surface area contributed by atoms with Gasteiger partial charge in [0.15, 0.2) is 0 Å². The van der Waals surface area contributed by atoms with Crippen molar-refractivity contribution in [2.45, 2.75) is 49.6 Å². The van der Waals surface area contributed by atoms with E-state index in [0.29, 0.717) is 17.4 Å². The van der Waals surface area contributed by atoms with E-state index >= 15 is 0 Å². The van der Waals surface area contributed by atoms with Gasteiger partial charge in [-0.25, -0.2) is 13.1 Å². The van der Waals surface area contributed by atoms with Crippen LogP contribution in [0.3, 0.4) is 0 Å². The summed E-state index contributed by atoms with van der Waals surface area (Å²) < 4.78 is 28.0. The van der Waals surface area contributed by atoms with Crippen LogP contribution < -0.4 is 10.5 Å². The molecule has 1 aromatic carbocycles. The van der Waals surface area contributed by atoms with Crippen LogP contribution in [0.15, 0.2) is 29.2 Å². The van der Waals surface area contributed by atoms with Crippen LogP contribution in [-0.2, 0) is 16.6 Å². The Morgan fingerprint density at radius 3 is 2.30 bits per heavy atom. The smallest absolute Gasteiger partial charge is 0.240 e. The summed E-state index contributed by atoms with van der Waals surface area (Å²) in [6.45, 7) is 1.14. The Labute approximate surface area is 140 Å². The van der Waals surface area contributed by atoms with Crippen molar-refractivity contribution in [1.82, 2.24) is 9.62 Å². The van der Waals surface area contributed by atoms with E-state index in [9.17, 15) is 8.42 Å². The summed E-state index contributed by atoms with van der Waals surface area (Å²) in [5, 5.41) is 0. The minimum Gasteiger partial charge on any atom is -0.329 e. The van der Waals surface area contributed by atoms with Gasteiger partial charge in [0, 0.05) is 19.1 Å². The fraction of sp³-hybridized carbons (Fsp3) is 0.647. The summed E-state index contributed by atoms with van der Waals surface area (Å²) in [6, 6.07) is 6.92. The molecule has 0 radical (unpaired) electrons. The molecular weight excluding hydrogens is 310 g/mol. The maximum Gasteiger partial charge on any atom is 0.240 e. The Kier molecular flexibility index (Phi) is 6.59. The lowest BCUT2D eigenvalue weighted by atomic mass is 9.84. The SMILES string of the molecule is CN(C)Cc1ccc(S(=O)(=O)NC(CN)C2CCCCC2)cc1. The average molecular weight is 340 g/mol. The standard InChI is InChI=1S/C17H29N3O2S/c1-20(2)13-14-8-10-16(11-9-14)23(21,22)19-17(12-18)15-6-4-3-5-7-15/h8-11,15,17,19H,3-7,12-13,18H2,1-2H3. The summed E-state index contributed by atoms with van der Waals surface area (Å²) in [5.74, 6) is 0.358. The molecule has 0 heterocycles. The molecule has 0 saturated heterocycles. The molecule has 6 heteroatoms. The van der Waals surface area contributed by atoms with Crippen molar-refractivity contribution in [3.63, 3.8) is 0 Å². The van der Waals surface area contributed by atoms with Crippen LogP contribution in [0.5, 0.6) is 0 Å². The normalized spacial score (nSPS) is 18.3. The highest BCUT2D eigenvalue weighted by atomic mass is 32.2. The minimum atomic E-state index is -3.51. The topological polar surface area (TPSA) is 75.4 Å². The van der Waals surface area contributed by atoms with Crippen molar-refractivity contribution < 1.29 is 8.42 Å². The van der Waals surface area contributed by atoms with E-state index in [1.807, 2.05) is 26.2 Å². The van der Waals surface area contributed by atoms with E-state index in [0.717, 1.165) is 24.9 Å². The molecule has 2 rings (SSSR count). The molecule has 0 amide bonds. The van der Waals surface area contributed by atoms with Crippen LogP contribution in [0.1, 0.15) is 37.7 Å². The molecule has 3 N–H and O–H groups in total. The third kappa shape index (κ3) is 5.28. The number of nitrogens with one attached hydrogen (secondary N) is 1. The van der Waals surface area contributed by atoms with E-state index < -0.39 is 10.0 Å². The summed E-state index contributed by atoms with van der Waals surface area (Å²) in [7, 11) is 0.467. The molecule has 5 nitrogen and oxygen atoms in total. The molecule has 1 aromatic rings. The zero-order valence-electron chi connectivity index (χ0n) is 14.2. The zero-order valence-corrected chi connectivity index (χ0v) is 15.0. The number of nitrogens with zero attached hydrogens (tertiary/aromatic N) is 1. The second-order valence-electron chi connectivity index (χ2n) is 6.74. The Morgan fingerprint density at radius 1 is 1.17 bits per heavy atom. The second-order valence-corrected chi connectivity index (χ2v) is 8.46. The lowest BCUT2D eigenvalue weighted by molar-refractivity contribution is 0.294. The Balaban J connectivity index is 2.07. The summed E-state index contributed by atoms with van der Waals surface area (Å²) in [4.78, 5) is 2.37. The molecule has 0 spiro atoms. The van der Waals surface area contributed by atoms with Crippen LogP contribution in [-0.4, -0.2) is 40.0 Å². The van der Waals surface area contributed by atoms with Gasteiger partial charge in [-0.3, -0.25) is 0 Å². The van der Waals surface area contributed by atoms with Gasteiger partial charge in [-0.1, -0.05) is 31.4 Å². The first-order chi connectivity index (χ1) is 10.9. The molecular formula is C17H29N3O2S. The van der Waals surface area contributed by atoms with Gasteiger partial charge >= 0.3 is 0 Å². The number of hydrogen-bond acceptors (Lipinski definition) is 4.